The van der Waals surface area contributed by atoms with E-state index in [0.29, 0.717) is 12.3 Å². The highest BCUT2D eigenvalue weighted by atomic mass is 16.3. The van der Waals surface area contributed by atoms with E-state index in [1.54, 1.807) is 17.8 Å². The largest absolute Gasteiger partial charge is 0.456 e. The maximum absolute atomic E-state index is 12.3. The van der Waals surface area contributed by atoms with Crippen LogP contribution < -0.4 is 10.7 Å². The highest BCUT2D eigenvalue weighted by molar-refractivity contribution is 5.91. The van der Waals surface area contributed by atoms with Gasteiger partial charge in [0.25, 0.3) is 5.91 Å². The molecule has 1 amide bonds. The lowest BCUT2D eigenvalue weighted by Gasteiger charge is -2.34. The van der Waals surface area contributed by atoms with Crippen LogP contribution in [0.15, 0.2) is 39.8 Å². The van der Waals surface area contributed by atoms with Crippen LogP contribution in [0.4, 0.5) is 0 Å². The van der Waals surface area contributed by atoms with Gasteiger partial charge >= 0.3 is 0 Å². The number of hydrogen-bond donors (Lipinski definition) is 1. The number of aromatic nitrogens is 5. The van der Waals surface area contributed by atoms with Crippen molar-refractivity contribution in [2.75, 3.05) is 0 Å². The van der Waals surface area contributed by atoms with E-state index >= 15 is 0 Å². The highest BCUT2D eigenvalue weighted by Gasteiger charge is 2.35. The smallest absolute Gasteiger partial charge is 0.287 e. The molecule has 3 heterocycles. The Bertz CT molecular complexity index is 1010. The summed E-state index contributed by atoms with van der Waals surface area (Å²) in [6.45, 7) is 2.21. The lowest BCUT2D eigenvalue weighted by atomic mass is 9.79. The summed E-state index contributed by atoms with van der Waals surface area (Å²) in [6, 6.07) is 4.46. The fourth-order valence-electron chi connectivity index (χ4n) is 3.33. The van der Waals surface area contributed by atoms with Crippen LogP contribution in [0.25, 0.3) is 0 Å². The Morgan fingerprint density at radius 3 is 2.85 bits per heavy atom. The molecule has 0 bridgehead atoms. The van der Waals surface area contributed by atoms with E-state index in [0.717, 1.165) is 24.5 Å². The molecule has 1 N–H and O–H groups in total. The number of rotatable bonds is 5. The number of aryl methyl sites for hydroxylation is 1. The first-order chi connectivity index (χ1) is 13.0. The van der Waals surface area contributed by atoms with Gasteiger partial charge in [-0.25, -0.2) is 0 Å². The molecule has 0 unspecified atom stereocenters. The normalized spacial score (nSPS) is 18.9. The van der Waals surface area contributed by atoms with Crippen LogP contribution >= 0.6 is 0 Å². The van der Waals surface area contributed by atoms with Gasteiger partial charge in [-0.3, -0.25) is 14.3 Å². The molecular formula is C18H20N6O3. The molecule has 1 fully saturated rings. The molecule has 0 spiro atoms. The van der Waals surface area contributed by atoms with Gasteiger partial charge in [-0.15, -0.1) is 10.2 Å². The van der Waals surface area contributed by atoms with E-state index in [1.807, 2.05) is 23.9 Å². The minimum Gasteiger partial charge on any atom is -0.456 e. The van der Waals surface area contributed by atoms with Crippen molar-refractivity contribution in [3.05, 3.63) is 64.0 Å². The fourth-order valence-corrected chi connectivity index (χ4v) is 3.33. The molecule has 3 aromatic rings. The molecule has 140 valence electrons. The Morgan fingerprint density at radius 1 is 1.33 bits per heavy atom. The Balaban J connectivity index is 1.36. The van der Waals surface area contributed by atoms with Gasteiger partial charge in [0.2, 0.25) is 0 Å². The molecule has 3 aromatic heterocycles. The average Bonchev–Trinajstić information content (AvgIpc) is 3.21. The predicted molar refractivity (Wildman–Crippen MR) is 95.3 cm³/mol. The number of amides is 1. The van der Waals surface area contributed by atoms with Crippen molar-refractivity contribution in [3.8, 4) is 0 Å². The molecule has 1 aliphatic rings. The molecule has 0 saturated heterocycles. The predicted octanol–water partition coefficient (Wildman–Crippen LogP) is 0.998. The lowest BCUT2D eigenvalue weighted by Crippen LogP contribution is -2.44. The quantitative estimate of drug-likeness (QED) is 0.720. The second-order valence-electron chi connectivity index (χ2n) is 6.84. The number of nitrogens with zero attached hydrogens (tertiary/aromatic N) is 5. The van der Waals surface area contributed by atoms with Crippen molar-refractivity contribution in [2.24, 2.45) is 7.05 Å². The molecule has 27 heavy (non-hydrogen) atoms. The highest BCUT2D eigenvalue weighted by Crippen LogP contribution is 2.36. The topological polar surface area (TPSA) is 108 Å². The van der Waals surface area contributed by atoms with Gasteiger partial charge in [-0.05, 0) is 25.8 Å². The van der Waals surface area contributed by atoms with Crippen molar-refractivity contribution < 1.29 is 9.21 Å². The minimum absolute atomic E-state index is 0.0274. The summed E-state index contributed by atoms with van der Waals surface area (Å²) < 4.78 is 9.12. The van der Waals surface area contributed by atoms with Crippen LogP contribution in [0.5, 0.6) is 0 Å². The van der Waals surface area contributed by atoms with Crippen LogP contribution in [0.2, 0.25) is 0 Å². The molecule has 0 atom stereocenters. The third kappa shape index (κ3) is 3.53. The second kappa shape index (κ2) is 6.82. The van der Waals surface area contributed by atoms with Crippen molar-refractivity contribution in [1.29, 1.82) is 0 Å². The summed E-state index contributed by atoms with van der Waals surface area (Å²) in [5.74, 6) is 2.08. The molecule has 0 aliphatic heterocycles. The maximum Gasteiger partial charge on any atom is 0.287 e. The van der Waals surface area contributed by atoms with E-state index in [2.05, 4.69) is 20.6 Å². The molecule has 1 saturated carbocycles. The van der Waals surface area contributed by atoms with Gasteiger partial charge in [-0.1, -0.05) is 0 Å². The lowest BCUT2D eigenvalue weighted by molar-refractivity contribution is 0.0874. The van der Waals surface area contributed by atoms with E-state index in [1.165, 1.54) is 12.1 Å². The molecule has 4 rings (SSSR count). The Labute approximate surface area is 155 Å². The molecule has 0 radical (unpaired) electrons. The van der Waals surface area contributed by atoms with Crippen LogP contribution in [-0.2, 0) is 13.6 Å². The molecular weight excluding hydrogens is 348 g/mol. The van der Waals surface area contributed by atoms with Crippen LogP contribution in [0, 0.1) is 6.92 Å². The molecule has 9 nitrogen and oxygen atoms in total. The van der Waals surface area contributed by atoms with Crippen LogP contribution in [0.3, 0.4) is 0 Å². The summed E-state index contributed by atoms with van der Waals surface area (Å²) in [5.41, 5.74) is -0.237. The number of carbonyl (C=O) groups is 1. The maximum atomic E-state index is 12.3. The first-order valence-electron chi connectivity index (χ1n) is 8.78. The summed E-state index contributed by atoms with van der Waals surface area (Å²) in [7, 11) is 1.95. The molecule has 0 aromatic carbocycles. The third-order valence-corrected chi connectivity index (χ3v) is 4.81. The number of carbonyl (C=O) groups excluding carboxylic acids is 1. The van der Waals surface area contributed by atoms with Crippen molar-refractivity contribution in [2.45, 2.75) is 38.3 Å². The second-order valence-corrected chi connectivity index (χ2v) is 6.84. The number of hydrogen-bond acceptors (Lipinski definition) is 6. The first kappa shape index (κ1) is 17.2. The molecule has 9 heteroatoms. The zero-order valence-electron chi connectivity index (χ0n) is 15.1. The van der Waals surface area contributed by atoms with Crippen molar-refractivity contribution in [3.63, 3.8) is 0 Å². The van der Waals surface area contributed by atoms with E-state index in [-0.39, 0.29) is 29.1 Å². The zero-order valence-corrected chi connectivity index (χ0v) is 15.1. The van der Waals surface area contributed by atoms with Crippen LogP contribution in [0.1, 0.15) is 46.7 Å². The van der Waals surface area contributed by atoms with Gasteiger partial charge in [0.05, 0.1) is 0 Å². The summed E-state index contributed by atoms with van der Waals surface area (Å²) >= 11 is 0. The Kier molecular flexibility index (Phi) is 4.35. The van der Waals surface area contributed by atoms with Gasteiger partial charge < -0.3 is 14.3 Å². The average molecular weight is 368 g/mol. The van der Waals surface area contributed by atoms with Crippen molar-refractivity contribution in [1.82, 2.24) is 29.9 Å². The Morgan fingerprint density at radius 2 is 2.15 bits per heavy atom. The number of nitrogens with one attached hydrogen (secondary N) is 1. The van der Waals surface area contributed by atoms with E-state index in [4.69, 9.17) is 4.42 Å². The zero-order chi connectivity index (χ0) is 19.0. The standard InChI is InChI=1S/C18H20N6O3/c1-11-6-14(25)9-15(27-11)18(26)20-13-7-12(8-13)17-22-21-16(23(17)2)10-24-5-3-4-19-24/h3-6,9,12-13H,7-8,10H2,1-2H3,(H,20,26). The summed E-state index contributed by atoms with van der Waals surface area (Å²) in [5, 5.41) is 15.7. The summed E-state index contributed by atoms with van der Waals surface area (Å²) in [6.07, 6.45) is 5.16. The van der Waals surface area contributed by atoms with Gasteiger partial charge in [-0.2, -0.15) is 5.10 Å². The Hall–Kier alpha value is -3.23. The first-order valence-corrected chi connectivity index (χ1v) is 8.78. The van der Waals surface area contributed by atoms with Crippen molar-refractivity contribution >= 4 is 5.91 Å². The van der Waals surface area contributed by atoms with E-state index < -0.39 is 0 Å². The fraction of sp³-hybridized carbons (Fsp3) is 0.389. The monoisotopic (exact) mass is 368 g/mol. The van der Waals surface area contributed by atoms with Gasteiger partial charge in [0.15, 0.2) is 17.0 Å². The molecule has 1 aliphatic carbocycles. The summed E-state index contributed by atoms with van der Waals surface area (Å²) in [4.78, 5) is 23.8. The van der Waals surface area contributed by atoms with E-state index in [9.17, 15) is 9.59 Å². The van der Waals surface area contributed by atoms with Gasteiger partial charge in [0, 0.05) is 43.5 Å². The van der Waals surface area contributed by atoms with Gasteiger partial charge in [0.1, 0.15) is 18.1 Å². The SMILES string of the molecule is Cc1cc(=O)cc(C(=O)NC2CC(c3nnc(Cn4cccn4)n3C)C2)o1. The third-order valence-electron chi connectivity index (χ3n) is 4.81. The van der Waals surface area contributed by atoms with Crippen LogP contribution in [-0.4, -0.2) is 36.5 Å². The minimum atomic E-state index is -0.364.